The standard InChI is InChI=1S/C16H14Br2N2O3/c1-19-16(22)10-2-5-12(6-3-10)20-15(21)9-23-14-7-4-11(17)8-13(14)18/h2-8H,9H2,1H3,(H,19,22)(H,20,21). The summed E-state index contributed by atoms with van der Waals surface area (Å²) in [4.78, 5) is 23.3. The van der Waals surface area contributed by atoms with Gasteiger partial charge in [0.2, 0.25) is 0 Å². The summed E-state index contributed by atoms with van der Waals surface area (Å²) >= 11 is 6.72. The minimum absolute atomic E-state index is 0.114. The van der Waals surface area contributed by atoms with Gasteiger partial charge < -0.3 is 15.4 Å². The van der Waals surface area contributed by atoms with Gasteiger partial charge in [-0.1, -0.05) is 15.9 Å². The Balaban J connectivity index is 1.90. The van der Waals surface area contributed by atoms with Gasteiger partial charge in [-0.15, -0.1) is 0 Å². The molecule has 0 aliphatic carbocycles. The lowest BCUT2D eigenvalue weighted by Crippen LogP contribution is -2.20. The first-order valence-corrected chi connectivity index (χ1v) is 8.28. The van der Waals surface area contributed by atoms with E-state index in [-0.39, 0.29) is 18.4 Å². The van der Waals surface area contributed by atoms with E-state index in [1.807, 2.05) is 12.1 Å². The first-order valence-electron chi connectivity index (χ1n) is 6.69. The number of anilines is 1. The number of carbonyl (C=O) groups is 2. The van der Waals surface area contributed by atoms with Crippen molar-refractivity contribution in [3.63, 3.8) is 0 Å². The zero-order valence-electron chi connectivity index (χ0n) is 12.2. The Morgan fingerprint density at radius 2 is 1.78 bits per heavy atom. The van der Waals surface area contributed by atoms with Crippen LogP contribution in [0.5, 0.6) is 5.75 Å². The Morgan fingerprint density at radius 3 is 2.39 bits per heavy atom. The second kappa shape index (κ2) is 8.12. The van der Waals surface area contributed by atoms with Gasteiger partial charge in [-0.2, -0.15) is 0 Å². The van der Waals surface area contributed by atoms with E-state index in [1.54, 1.807) is 37.4 Å². The number of hydrogen-bond donors (Lipinski definition) is 2. The monoisotopic (exact) mass is 440 g/mol. The summed E-state index contributed by atoms with van der Waals surface area (Å²) in [6, 6.07) is 12.0. The number of nitrogens with one attached hydrogen (secondary N) is 2. The first-order chi connectivity index (χ1) is 11.0. The molecule has 0 radical (unpaired) electrons. The van der Waals surface area contributed by atoms with Crippen LogP contribution >= 0.6 is 31.9 Å². The van der Waals surface area contributed by atoms with E-state index >= 15 is 0 Å². The van der Waals surface area contributed by atoms with Crippen molar-refractivity contribution in [2.75, 3.05) is 19.0 Å². The maximum absolute atomic E-state index is 11.9. The highest BCUT2D eigenvalue weighted by Gasteiger charge is 2.08. The van der Waals surface area contributed by atoms with Crippen molar-refractivity contribution in [2.24, 2.45) is 0 Å². The summed E-state index contributed by atoms with van der Waals surface area (Å²) in [5.41, 5.74) is 1.13. The number of hydrogen-bond acceptors (Lipinski definition) is 3. The zero-order valence-corrected chi connectivity index (χ0v) is 15.4. The van der Waals surface area contributed by atoms with Gasteiger partial charge in [0, 0.05) is 22.8 Å². The van der Waals surface area contributed by atoms with Crippen molar-refractivity contribution in [1.82, 2.24) is 5.32 Å². The third-order valence-corrected chi connectivity index (χ3v) is 4.02. The summed E-state index contributed by atoms with van der Waals surface area (Å²) in [6.07, 6.45) is 0. The molecule has 0 aromatic heterocycles. The van der Waals surface area contributed by atoms with Crippen molar-refractivity contribution < 1.29 is 14.3 Å². The minimum atomic E-state index is -0.285. The maximum atomic E-state index is 11.9. The normalized spacial score (nSPS) is 10.0. The fourth-order valence-corrected chi connectivity index (χ4v) is 2.94. The molecule has 0 fully saturated rings. The van der Waals surface area contributed by atoms with Crippen LogP contribution in [0.15, 0.2) is 51.4 Å². The molecule has 2 rings (SSSR count). The number of halogens is 2. The van der Waals surface area contributed by atoms with Crippen molar-refractivity contribution in [3.05, 3.63) is 57.0 Å². The van der Waals surface area contributed by atoms with E-state index in [0.29, 0.717) is 17.0 Å². The molecule has 2 N–H and O–H groups in total. The van der Waals surface area contributed by atoms with E-state index in [1.165, 1.54) is 0 Å². The number of ether oxygens (including phenoxy) is 1. The average Bonchev–Trinajstić information content (AvgIpc) is 2.54. The third kappa shape index (κ3) is 5.07. The highest BCUT2D eigenvalue weighted by molar-refractivity contribution is 9.11. The van der Waals surface area contributed by atoms with Crippen LogP contribution < -0.4 is 15.4 Å². The molecule has 2 aromatic rings. The predicted molar refractivity (Wildman–Crippen MR) is 95.8 cm³/mol. The molecule has 0 saturated carbocycles. The van der Waals surface area contributed by atoms with Crippen molar-refractivity contribution in [2.45, 2.75) is 0 Å². The summed E-state index contributed by atoms with van der Waals surface area (Å²) < 4.78 is 7.13. The fourth-order valence-electron chi connectivity index (χ4n) is 1.78. The third-order valence-electron chi connectivity index (χ3n) is 2.91. The lowest BCUT2D eigenvalue weighted by Gasteiger charge is -2.09. The van der Waals surface area contributed by atoms with Gasteiger partial charge in [-0.05, 0) is 58.4 Å². The van der Waals surface area contributed by atoms with Crippen LogP contribution in [0.25, 0.3) is 0 Å². The van der Waals surface area contributed by atoms with Crippen LogP contribution in [0.4, 0.5) is 5.69 Å². The molecule has 0 unspecified atom stereocenters. The van der Waals surface area contributed by atoms with Crippen molar-refractivity contribution in [3.8, 4) is 5.75 Å². The van der Waals surface area contributed by atoms with Gasteiger partial charge >= 0.3 is 0 Å². The van der Waals surface area contributed by atoms with Crippen LogP contribution in [0, 0.1) is 0 Å². The smallest absolute Gasteiger partial charge is 0.262 e. The van der Waals surface area contributed by atoms with Gasteiger partial charge in [0.25, 0.3) is 11.8 Å². The molecule has 2 amide bonds. The van der Waals surface area contributed by atoms with Gasteiger partial charge in [0.15, 0.2) is 6.61 Å². The van der Waals surface area contributed by atoms with E-state index in [4.69, 9.17) is 4.74 Å². The summed E-state index contributed by atoms with van der Waals surface area (Å²) in [7, 11) is 1.57. The van der Waals surface area contributed by atoms with Crippen LogP contribution in [0.2, 0.25) is 0 Å². The second-order valence-corrected chi connectivity index (χ2v) is 6.34. The van der Waals surface area contributed by atoms with Crippen LogP contribution in [0.1, 0.15) is 10.4 Å². The van der Waals surface area contributed by atoms with Gasteiger partial charge in [0.05, 0.1) is 4.47 Å². The molecule has 0 aliphatic heterocycles. The summed E-state index contributed by atoms with van der Waals surface area (Å²) in [5.74, 6) is 0.122. The number of carbonyl (C=O) groups excluding carboxylic acids is 2. The highest BCUT2D eigenvalue weighted by Crippen LogP contribution is 2.28. The zero-order chi connectivity index (χ0) is 16.8. The summed E-state index contributed by atoms with van der Waals surface area (Å²) in [5, 5.41) is 5.24. The molecule has 7 heteroatoms. The lowest BCUT2D eigenvalue weighted by atomic mass is 10.2. The van der Waals surface area contributed by atoms with Crippen molar-refractivity contribution >= 4 is 49.4 Å². The Labute approximate surface area is 150 Å². The topological polar surface area (TPSA) is 67.4 Å². The quantitative estimate of drug-likeness (QED) is 0.744. The Kier molecular flexibility index (Phi) is 6.18. The molecule has 5 nitrogen and oxygen atoms in total. The molecule has 120 valence electrons. The van der Waals surface area contributed by atoms with Gasteiger partial charge in [-0.25, -0.2) is 0 Å². The molecular weight excluding hydrogens is 428 g/mol. The maximum Gasteiger partial charge on any atom is 0.262 e. The molecule has 0 saturated heterocycles. The Hall–Kier alpha value is -1.86. The van der Waals surface area contributed by atoms with Crippen LogP contribution in [-0.4, -0.2) is 25.5 Å². The fraction of sp³-hybridized carbons (Fsp3) is 0.125. The molecule has 0 heterocycles. The van der Waals surface area contributed by atoms with Gasteiger partial charge in [-0.3, -0.25) is 9.59 Å². The molecule has 0 spiro atoms. The van der Waals surface area contributed by atoms with E-state index < -0.39 is 0 Å². The predicted octanol–water partition coefficient (Wildman–Crippen LogP) is 3.59. The molecule has 0 atom stereocenters. The molecular formula is C16H14Br2N2O3. The second-order valence-electron chi connectivity index (χ2n) is 4.57. The lowest BCUT2D eigenvalue weighted by molar-refractivity contribution is -0.118. The molecule has 23 heavy (non-hydrogen) atoms. The minimum Gasteiger partial charge on any atom is -0.483 e. The van der Waals surface area contributed by atoms with E-state index in [2.05, 4.69) is 42.5 Å². The number of amides is 2. The van der Waals surface area contributed by atoms with Crippen LogP contribution in [-0.2, 0) is 4.79 Å². The van der Waals surface area contributed by atoms with Crippen LogP contribution in [0.3, 0.4) is 0 Å². The van der Waals surface area contributed by atoms with E-state index in [0.717, 1.165) is 8.95 Å². The number of rotatable bonds is 5. The SMILES string of the molecule is CNC(=O)c1ccc(NC(=O)COc2ccc(Br)cc2Br)cc1. The number of benzene rings is 2. The molecule has 2 aromatic carbocycles. The molecule has 0 aliphatic rings. The first kappa shape index (κ1) is 17.5. The summed E-state index contributed by atoms with van der Waals surface area (Å²) in [6.45, 7) is -0.114. The highest BCUT2D eigenvalue weighted by atomic mass is 79.9. The molecule has 0 bridgehead atoms. The van der Waals surface area contributed by atoms with E-state index in [9.17, 15) is 9.59 Å². The largest absolute Gasteiger partial charge is 0.483 e. The van der Waals surface area contributed by atoms with Gasteiger partial charge in [0.1, 0.15) is 5.75 Å². The average molecular weight is 442 g/mol. The Bertz CT molecular complexity index is 718. The Morgan fingerprint density at radius 1 is 1.09 bits per heavy atom. The van der Waals surface area contributed by atoms with Crippen molar-refractivity contribution in [1.29, 1.82) is 0 Å².